The van der Waals surface area contributed by atoms with Gasteiger partial charge >= 0.3 is 0 Å². The van der Waals surface area contributed by atoms with Gasteiger partial charge in [-0.3, -0.25) is 0 Å². The van der Waals surface area contributed by atoms with Crippen molar-refractivity contribution in [3.8, 4) is 11.5 Å². The third-order valence-electron chi connectivity index (χ3n) is 2.02. The lowest BCUT2D eigenvalue weighted by Gasteiger charge is -2.08. The first-order valence-electron chi connectivity index (χ1n) is 4.73. The summed E-state index contributed by atoms with van der Waals surface area (Å²) in [6.45, 7) is 0. The fourth-order valence-corrected chi connectivity index (χ4v) is 1.53. The van der Waals surface area contributed by atoms with E-state index in [-0.39, 0.29) is 22.2 Å². The first-order valence-corrected chi connectivity index (χ1v) is 5.11. The Bertz CT molecular complexity index is 540. The van der Waals surface area contributed by atoms with Gasteiger partial charge in [0, 0.05) is 17.8 Å². The van der Waals surface area contributed by atoms with Gasteiger partial charge < -0.3 is 10.5 Å². The molecule has 0 saturated carbocycles. The van der Waals surface area contributed by atoms with Gasteiger partial charge in [-0.1, -0.05) is 11.6 Å². The molecule has 88 valence electrons. The lowest BCUT2D eigenvalue weighted by Crippen LogP contribution is -1.91. The number of benzene rings is 2. The number of ether oxygens (including phenoxy) is 1. The number of rotatable bonds is 2. The third-order valence-corrected chi connectivity index (χ3v) is 2.31. The summed E-state index contributed by atoms with van der Waals surface area (Å²) < 4.78 is 31.1. The van der Waals surface area contributed by atoms with Crippen molar-refractivity contribution in [1.29, 1.82) is 0 Å². The Morgan fingerprint density at radius 1 is 1.00 bits per heavy atom. The van der Waals surface area contributed by atoms with Crippen LogP contribution in [0.4, 0.5) is 14.5 Å². The number of hydrogen-bond donors (Lipinski definition) is 1. The lowest BCUT2D eigenvalue weighted by atomic mass is 10.3. The molecule has 0 atom stereocenters. The zero-order chi connectivity index (χ0) is 12.4. The average Bonchev–Trinajstić information content (AvgIpc) is 2.21. The van der Waals surface area contributed by atoms with E-state index in [2.05, 4.69) is 0 Å². The van der Waals surface area contributed by atoms with Crippen molar-refractivity contribution in [2.24, 2.45) is 0 Å². The van der Waals surface area contributed by atoms with Crippen molar-refractivity contribution in [3.05, 3.63) is 53.1 Å². The molecule has 0 heterocycles. The largest absolute Gasteiger partial charge is 0.456 e. The number of nitrogen functional groups attached to an aromatic ring is 1. The summed E-state index contributed by atoms with van der Waals surface area (Å²) >= 11 is 5.77. The van der Waals surface area contributed by atoms with Gasteiger partial charge in [0.15, 0.2) is 0 Å². The third kappa shape index (κ3) is 2.85. The Hall–Kier alpha value is -1.81. The Balaban J connectivity index is 2.31. The molecule has 0 spiro atoms. The number of nitrogens with two attached hydrogens (primary N) is 1. The maximum Gasteiger partial charge on any atom is 0.146 e. The standard InChI is InChI=1S/C12H8ClF2NO/c13-11-5-7(14)1-2-12(11)17-10-4-8(15)3-9(16)6-10/h1-6H,16H2. The maximum atomic E-state index is 13.0. The zero-order valence-electron chi connectivity index (χ0n) is 8.58. The number of hydrogen-bond acceptors (Lipinski definition) is 2. The fourth-order valence-electron chi connectivity index (χ4n) is 1.33. The van der Waals surface area contributed by atoms with Gasteiger partial charge in [0.1, 0.15) is 23.1 Å². The van der Waals surface area contributed by atoms with E-state index in [0.717, 1.165) is 12.1 Å². The van der Waals surface area contributed by atoms with Gasteiger partial charge in [-0.25, -0.2) is 8.78 Å². The molecule has 2 nitrogen and oxygen atoms in total. The molecule has 17 heavy (non-hydrogen) atoms. The van der Waals surface area contributed by atoms with Crippen molar-refractivity contribution in [3.63, 3.8) is 0 Å². The Morgan fingerprint density at radius 3 is 2.41 bits per heavy atom. The second kappa shape index (κ2) is 4.59. The van der Waals surface area contributed by atoms with Crippen LogP contribution in [0.15, 0.2) is 36.4 Å². The van der Waals surface area contributed by atoms with Crippen molar-refractivity contribution >= 4 is 17.3 Å². The molecule has 0 saturated heterocycles. The molecule has 5 heteroatoms. The predicted octanol–water partition coefficient (Wildman–Crippen LogP) is 3.99. The molecule has 0 bridgehead atoms. The smallest absolute Gasteiger partial charge is 0.146 e. The lowest BCUT2D eigenvalue weighted by molar-refractivity contribution is 0.475. The number of anilines is 1. The van der Waals surface area contributed by atoms with Crippen LogP contribution >= 0.6 is 11.6 Å². The van der Waals surface area contributed by atoms with E-state index in [0.29, 0.717) is 0 Å². The molecule has 0 aliphatic carbocycles. The van der Waals surface area contributed by atoms with Crippen molar-refractivity contribution in [2.75, 3.05) is 5.73 Å². The van der Waals surface area contributed by atoms with E-state index in [1.54, 1.807) is 0 Å². The molecule has 2 rings (SSSR count). The summed E-state index contributed by atoms with van der Waals surface area (Å²) in [5, 5.41) is 0.104. The van der Waals surface area contributed by atoms with Crippen LogP contribution in [0, 0.1) is 11.6 Å². The van der Waals surface area contributed by atoms with Crippen LogP contribution in [0.5, 0.6) is 11.5 Å². The Kier molecular flexibility index (Phi) is 3.15. The predicted molar refractivity (Wildman–Crippen MR) is 62.3 cm³/mol. The monoisotopic (exact) mass is 255 g/mol. The van der Waals surface area contributed by atoms with E-state index in [1.807, 2.05) is 0 Å². The summed E-state index contributed by atoms with van der Waals surface area (Å²) in [5.74, 6) is -0.548. The highest BCUT2D eigenvalue weighted by Crippen LogP contribution is 2.30. The summed E-state index contributed by atoms with van der Waals surface area (Å²) in [6.07, 6.45) is 0. The zero-order valence-corrected chi connectivity index (χ0v) is 9.34. The van der Waals surface area contributed by atoms with Gasteiger partial charge in [-0.05, 0) is 24.3 Å². The molecule has 0 aliphatic rings. The molecular formula is C12H8ClF2NO. The molecule has 0 aliphatic heterocycles. The van der Waals surface area contributed by atoms with Crippen LogP contribution < -0.4 is 10.5 Å². The average molecular weight is 256 g/mol. The van der Waals surface area contributed by atoms with Crippen LogP contribution in [-0.4, -0.2) is 0 Å². The minimum Gasteiger partial charge on any atom is -0.456 e. The van der Waals surface area contributed by atoms with Crippen LogP contribution in [0.25, 0.3) is 0 Å². The van der Waals surface area contributed by atoms with Crippen LogP contribution in [0.3, 0.4) is 0 Å². The van der Waals surface area contributed by atoms with Crippen molar-refractivity contribution < 1.29 is 13.5 Å². The second-order valence-corrected chi connectivity index (χ2v) is 3.80. The summed E-state index contributed by atoms with van der Waals surface area (Å²) in [7, 11) is 0. The maximum absolute atomic E-state index is 13.0. The van der Waals surface area contributed by atoms with E-state index < -0.39 is 11.6 Å². The van der Waals surface area contributed by atoms with E-state index in [1.165, 1.54) is 24.3 Å². The number of halogens is 3. The van der Waals surface area contributed by atoms with Crippen LogP contribution in [0.1, 0.15) is 0 Å². The van der Waals surface area contributed by atoms with Gasteiger partial charge in [0.25, 0.3) is 0 Å². The molecule has 0 fully saturated rings. The topological polar surface area (TPSA) is 35.2 Å². The quantitative estimate of drug-likeness (QED) is 0.824. The van der Waals surface area contributed by atoms with Crippen LogP contribution in [0.2, 0.25) is 5.02 Å². The fraction of sp³-hybridized carbons (Fsp3) is 0. The highest BCUT2D eigenvalue weighted by Gasteiger charge is 2.06. The van der Waals surface area contributed by atoms with E-state index in [4.69, 9.17) is 22.1 Å². The normalized spacial score (nSPS) is 10.3. The highest BCUT2D eigenvalue weighted by atomic mass is 35.5. The Morgan fingerprint density at radius 2 is 1.76 bits per heavy atom. The molecular weight excluding hydrogens is 248 g/mol. The minimum atomic E-state index is -0.516. The van der Waals surface area contributed by atoms with Gasteiger partial charge in [-0.15, -0.1) is 0 Å². The van der Waals surface area contributed by atoms with Gasteiger partial charge in [-0.2, -0.15) is 0 Å². The molecule has 2 N–H and O–H groups in total. The Labute approximate surface area is 102 Å². The van der Waals surface area contributed by atoms with Gasteiger partial charge in [0.2, 0.25) is 0 Å². The van der Waals surface area contributed by atoms with E-state index >= 15 is 0 Å². The van der Waals surface area contributed by atoms with E-state index in [9.17, 15) is 8.78 Å². The molecule has 2 aromatic rings. The van der Waals surface area contributed by atoms with Gasteiger partial charge in [0.05, 0.1) is 5.02 Å². The molecule has 0 aromatic heterocycles. The molecule has 0 unspecified atom stereocenters. The molecule has 2 aromatic carbocycles. The summed E-state index contributed by atoms with van der Waals surface area (Å²) in [6, 6.07) is 7.44. The second-order valence-electron chi connectivity index (χ2n) is 3.40. The highest BCUT2D eigenvalue weighted by molar-refractivity contribution is 6.32. The molecule has 0 radical (unpaired) electrons. The first-order chi connectivity index (χ1) is 8.04. The minimum absolute atomic E-state index is 0.104. The van der Waals surface area contributed by atoms with Crippen molar-refractivity contribution in [1.82, 2.24) is 0 Å². The van der Waals surface area contributed by atoms with Crippen LogP contribution in [-0.2, 0) is 0 Å². The molecule has 0 amide bonds. The first kappa shape index (κ1) is 11.7. The SMILES string of the molecule is Nc1cc(F)cc(Oc2ccc(F)cc2Cl)c1. The summed E-state index contributed by atoms with van der Waals surface area (Å²) in [5.41, 5.74) is 5.70. The summed E-state index contributed by atoms with van der Waals surface area (Å²) in [4.78, 5) is 0. The van der Waals surface area contributed by atoms with Crippen molar-refractivity contribution in [2.45, 2.75) is 0 Å².